The minimum absolute atomic E-state index is 0.0839. The van der Waals surface area contributed by atoms with Crippen LogP contribution in [0, 0.1) is 12.3 Å². The molecule has 2 aromatic rings. The number of nitrogens with one attached hydrogen (secondary N) is 3. The third-order valence-electron chi connectivity index (χ3n) is 6.67. The minimum Gasteiger partial charge on any atom is -0.384 e. The van der Waals surface area contributed by atoms with Gasteiger partial charge in [0.15, 0.2) is 11.5 Å². The molecular weight excluding hydrogens is 448 g/mol. The average molecular weight is 481 g/mol. The van der Waals surface area contributed by atoms with Crippen LogP contribution in [0.1, 0.15) is 87.9 Å². The van der Waals surface area contributed by atoms with E-state index in [1.165, 1.54) is 6.07 Å². The summed E-state index contributed by atoms with van der Waals surface area (Å²) in [5.41, 5.74) is 8.96. The second kappa shape index (κ2) is 11.6. The van der Waals surface area contributed by atoms with Gasteiger partial charge in [-0.25, -0.2) is 5.26 Å². The summed E-state index contributed by atoms with van der Waals surface area (Å²) in [5.74, 6) is -0.435. The number of benzene rings is 2. The fourth-order valence-corrected chi connectivity index (χ4v) is 4.76. The van der Waals surface area contributed by atoms with Crippen molar-refractivity contribution in [2.75, 3.05) is 0 Å². The van der Waals surface area contributed by atoms with Crippen LogP contribution in [0.2, 0.25) is 0 Å². The number of nitrogen functional groups attached to an aromatic ring is 1. The van der Waals surface area contributed by atoms with E-state index in [-0.39, 0.29) is 41.3 Å². The van der Waals surface area contributed by atoms with E-state index in [0.717, 1.165) is 43.2 Å². The highest BCUT2D eigenvalue weighted by Crippen LogP contribution is 2.41. The molecule has 35 heavy (non-hydrogen) atoms. The fraction of sp³-hybridized carbons (Fsp3) is 0.385. The molecule has 0 radical (unpaired) electrons. The number of Topliss-reactive ketones (excluding diaryl/α,β-unsaturated/α-hetero) is 1. The van der Waals surface area contributed by atoms with Gasteiger partial charge in [0, 0.05) is 23.2 Å². The molecule has 9 nitrogen and oxygen atoms in total. The quantitative estimate of drug-likeness (QED) is 0.0876. The van der Waals surface area contributed by atoms with Crippen LogP contribution in [0.25, 0.3) is 0 Å². The van der Waals surface area contributed by atoms with Crippen molar-refractivity contribution in [3.05, 3.63) is 63.7 Å². The van der Waals surface area contributed by atoms with Gasteiger partial charge in [-0.2, -0.15) is 0 Å². The van der Waals surface area contributed by atoms with Crippen molar-refractivity contribution in [1.82, 2.24) is 10.6 Å². The molecule has 1 fully saturated rings. The highest BCUT2D eigenvalue weighted by molar-refractivity contribution is 6.03. The molecule has 0 heterocycles. The maximum atomic E-state index is 13.3. The Morgan fingerprint density at radius 2 is 1.83 bits per heavy atom. The third-order valence-corrected chi connectivity index (χ3v) is 6.67. The molecule has 1 aliphatic carbocycles. The number of nitrogens with two attached hydrogens (primary N) is 1. The van der Waals surface area contributed by atoms with E-state index in [2.05, 4.69) is 15.5 Å². The fourth-order valence-electron chi connectivity index (χ4n) is 4.76. The van der Waals surface area contributed by atoms with Gasteiger partial charge in [-0.1, -0.05) is 31.4 Å². The maximum absolute atomic E-state index is 13.3. The van der Waals surface area contributed by atoms with E-state index in [9.17, 15) is 19.6 Å². The van der Waals surface area contributed by atoms with Gasteiger partial charge in [0.05, 0.1) is 6.04 Å². The Hall–Kier alpha value is -3.72. The summed E-state index contributed by atoms with van der Waals surface area (Å²) >= 11 is 0. The molecule has 186 valence electrons. The van der Waals surface area contributed by atoms with E-state index >= 15 is 0 Å². The standard InChI is InChI=1S/C26H32N4O5/c1-15-22(35-34)12-20(24(32)16(2)30-14-31)21(23(15)17-6-4-3-5-7-17)13-29-26(33)19-10-8-18(9-11-19)25(27)28/h8-12,14,16-17,34H,3-7,13H2,1-2H3,(H3,27,28)(H,29,33)(H,30,31). The molecule has 2 aromatic carbocycles. The summed E-state index contributed by atoms with van der Waals surface area (Å²) in [6, 6.07) is 7.05. The molecule has 2 amide bonds. The summed E-state index contributed by atoms with van der Waals surface area (Å²) in [7, 11) is 0. The number of carbonyl (C=O) groups excluding carboxylic acids is 3. The molecule has 0 bridgehead atoms. The topological polar surface area (TPSA) is 155 Å². The highest BCUT2D eigenvalue weighted by atomic mass is 17.1. The molecule has 3 rings (SSSR count). The zero-order valence-corrected chi connectivity index (χ0v) is 20.0. The van der Waals surface area contributed by atoms with E-state index in [4.69, 9.17) is 11.1 Å². The molecule has 1 atom stereocenters. The van der Waals surface area contributed by atoms with Gasteiger partial charge in [0.25, 0.3) is 5.91 Å². The smallest absolute Gasteiger partial charge is 0.251 e. The molecule has 0 saturated heterocycles. The van der Waals surface area contributed by atoms with Gasteiger partial charge in [0.2, 0.25) is 6.41 Å². The minimum atomic E-state index is -0.797. The number of hydrogen-bond acceptors (Lipinski definition) is 6. The normalized spacial score (nSPS) is 14.6. The lowest BCUT2D eigenvalue weighted by Crippen LogP contribution is -2.34. The van der Waals surface area contributed by atoms with E-state index < -0.39 is 6.04 Å². The predicted octanol–water partition coefficient (Wildman–Crippen LogP) is 3.43. The third kappa shape index (κ3) is 5.86. The van der Waals surface area contributed by atoms with Crippen molar-refractivity contribution in [2.24, 2.45) is 5.73 Å². The van der Waals surface area contributed by atoms with E-state index in [0.29, 0.717) is 23.1 Å². The maximum Gasteiger partial charge on any atom is 0.251 e. The van der Waals surface area contributed by atoms with Gasteiger partial charge < -0.3 is 21.3 Å². The summed E-state index contributed by atoms with van der Waals surface area (Å²) in [6.07, 6.45) is 5.57. The lowest BCUT2D eigenvalue weighted by atomic mass is 9.78. The van der Waals surface area contributed by atoms with Crippen LogP contribution in [0.5, 0.6) is 5.75 Å². The highest BCUT2D eigenvalue weighted by Gasteiger charge is 2.29. The summed E-state index contributed by atoms with van der Waals surface area (Å²) in [5, 5.41) is 22.4. The lowest BCUT2D eigenvalue weighted by Gasteiger charge is -2.29. The van der Waals surface area contributed by atoms with Crippen LogP contribution in [-0.2, 0) is 11.3 Å². The van der Waals surface area contributed by atoms with Crippen LogP contribution in [-0.4, -0.2) is 35.2 Å². The predicted molar refractivity (Wildman–Crippen MR) is 132 cm³/mol. The van der Waals surface area contributed by atoms with Gasteiger partial charge in [-0.3, -0.25) is 19.8 Å². The van der Waals surface area contributed by atoms with Crippen LogP contribution >= 0.6 is 0 Å². The Bertz CT molecular complexity index is 1110. The van der Waals surface area contributed by atoms with Crippen molar-refractivity contribution in [1.29, 1.82) is 5.41 Å². The number of ketones is 1. The Morgan fingerprint density at radius 3 is 2.40 bits per heavy atom. The van der Waals surface area contributed by atoms with Crippen molar-refractivity contribution in [3.8, 4) is 5.75 Å². The van der Waals surface area contributed by atoms with Crippen molar-refractivity contribution in [3.63, 3.8) is 0 Å². The van der Waals surface area contributed by atoms with Crippen molar-refractivity contribution in [2.45, 2.75) is 64.5 Å². The Labute approximate surface area is 204 Å². The average Bonchev–Trinajstić information content (AvgIpc) is 2.87. The lowest BCUT2D eigenvalue weighted by molar-refractivity contribution is -0.138. The molecule has 1 unspecified atom stereocenters. The van der Waals surface area contributed by atoms with Crippen LogP contribution in [0.3, 0.4) is 0 Å². The first kappa shape index (κ1) is 25.9. The van der Waals surface area contributed by atoms with Gasteiger partial charge in [-0.05, 0) is 67.5 Å². The number of amides is 2. The first-order valence-corrected chi connectivity index (χ1v) is 11.7. The molecule has 0 spiro atoms. The number of hydrogen-bond donors (Lipinski definition) is 5. The summed E-state index contributed by atoms with van der Waals surface area (Å²) in [6.45, 7) is 3.50. The first-order valence-electron chi connectivity index (χ1n) is 11.7. The second-order valence-electron chi connectivity index (χ2n) is 8.91. The van der Waals surface area contributed by atoms with Gasteiger partial charge in [0.1, 0.15) is 5.84 Å². The van der Waals surface area contributed by atoms with Crippen LogP contribution in [0.15, 0.2) is 30.3 Å². The zero-order valence-electron chi connectivity index (χ0n) is 20.0. The van der Waals surface area contributed by atoms with Gasteiger partial charge >= 0.3 is 0 Å². The van der Waals surface area contributed by atoms with Crippen molar-refractivity contribution < 1.29 is 24.5 Å². The largest absolute Gasteiger partial charge is 0.384 e. The van der Waals surface area contributed by atoms with E-state index in [1.54, 1.807) is 31.2 Å². The molecule has 0 aromatic heterocycles. The summed E-state index contributed by atoms with van der Waals surface area (Å²) < 4.78 is 0. The molecule has 6 N–H and O–H groups in total. The van der Waals surface area contributed by atoms with Crippen LogP contribution in [0.4, 0.5) is 0 Å². The Morgan fingerprint density at radius 1 is 1.20 bits per heavy atom. The first-order chi connectivity index (χ1) is 16.8. The molecule has 0 aliphatic heterocycles. The molecule has 9 heteroatoms. The Kier molecular flexibility index (Phi) is 8.59. The van der Waals surface area contributed by atoms with Crippen LogP contribution < -0.4 is 21.3 Å². The molecular formula is C26H32N4O5. The monoisotopic (exact) mass is 480 g/mol. The summed E-state index contributed by atoms with van der Waals surface area (Å²) in [4.78, 5) is 41.8. The number of amidine groups is 1. The SMILES string of the molecule is Cc1c(OO)cc(C(=O)C(C)NC=O)c(CNC(=O)c2ccc(C(=N)N)cc2)c1C1CCCCC1. The molecule has 1 aliphatic rings. The van der Waals surface area contributed by atoms with Crippen molar-refractivity contribution >= 4 is 23.9 Å². The molecule has 1 saturated carbocycles. The zero-order chi connectivity index (χ0) is 25.5. The van der Waals surface area contributed by atoms with E-state index in [1.807, 2.05) is 6.92 Å². The second-order valence-corrected chi connectivity index (χ2v) is 8.91. The Balaban J connectivity index is 2.02. The number of rotatable bonds is 10. The number of carbonyl (C=O) groups is 3. The van der Waals surface area contributed by atoms with Gasteiger partial charge in [-0.15, -0.1) is 0 Å².